The molecule has 5 rings (SSSR count). The number of hydrogen-bond acceptors (Lipinski definition) is 5. The van der Waals surface area contributed by atoms with Crippen molar-refractivity contribution in [2.75, 3.05) is 19.7 Å². The molecule has 0 radical (unpaired) electrons. The minimum absolute atomic E-state index is 0. The van der Waals surface area contributed by atoms with Crippen molar-refractivity contribution < 1.29 is 13.2 Å². The Morgan fingerprint density at radius 1 is 1.23 bits per heavy atom. The largest absolute Gasteiger partial charge is 0.492 e. The van der Waals surface area contributed by atoms with E-state index in [4.69, 9.17) is 16.3 Å². The first-order valence-electron chi connectivity index (χ1n) is 11.6. The summed E-state index contributed by atoms with van der Waals surface area (Å²) < 4.78 is 34.8. The second-order valence-electron chi connectivity index (χ2n) is 9.14. The van der Waals surface area contributed by atoms with Crippen molar-refractivity contribution in [1.82, 2.24) is 19.6 Å². The van der Waals surface area contributed by atoms with E-state index in [0.29, 0.717) is 0 Å². The molecule has 0 bridgehead atoms. The molecule has 2 aliphatic rings. The number of benzene rings is 2. The number of imidazole rings is 1. The number of aryl methyl sites for hydroxylation is 1. The molecule has 1 aromatic heterocycles. The quantitative estimate of drug-likeness (QED) is 0.422. The highest BCUT2D eigenvalue weighted by Crippen LogP contribution is 2.53. The minimum atomic E-state index is -3.65. The zero-order valence-corrected chi connectivity index (χ0v) is 21.9. The molecular weight excluding hydrogens is 507 g/mol. The fraction of sp³-hybridized carbons (Fsp3) is 0.400. The first kappa shape index (κ1) is 26.0. The zero-order chi connectivity index (χ0) is 23.8. The standard InChI is InChI=1S/C25H29ClN4O3S.ClH/c1-30-16-23(28-17-30)34(31,32)29-13-14-33-21-8-3-18-9-12-27-24(22(18)15-21)25(10-2-11-25)19-4-6-20(26)7-5-19;/h3-8,15-17,24,27,29H,2,9-14H2,1H3;1H. The second kappa shape index (κ2) is 10.5. The molecule has 0 amide bonds. The molecule has 35 heavy (non-hydrogen) atoms. The van der Waals surface area contributed by atoms with E-state index in [1.165, 1.54) is 35.6 Å². The highest BCUT2D eigenvalue weighted by molar-refractivity contribution is 7.89. The summed E-state index contributed by atoms with van der Waals surface area (Å²) in [5, 5.41) is 4.54. The molecule has 1 fully saturated rings. The Bertz CT molecular complexity index is 1270. The van der Waals surface area contributed by atoms with Crippen molar-refractivity contribution in [1.29, 1.82) is 0 Å². The monoisotopic (exact) mass is 536 g/mol. The van der Waals surface area contributed by atoms with Crippen LogP contribution in [0.25, 0.3) is 0 Å². The first-order chi connectivity index (χ1) is 16.4. The summed E-state index contributed by atoms with van der Waals surface area (Å²) in [6, 6.07) is 14.7. The van der Waals surface area contributed by atoms with Crippen LogP contribution in [0.2, 0.25) is 5.02 Å². The van der Waals surface area contributed by atoms with E-state index in [9.17, 15) is 8.42 Å². The zero-order valence-electron chi connectivity index (χ0n) is 19.5. The fourth-order valence-corrected chi connectivity index (χ4v) is 6.26. The van der Waals surface area contributed by atoms with Gasteiger partial charge in [-0.3, -0.25) is 0 Å². The molecule has 2 heterocycles. The van der Waals surface area contributed by atoms with E-state index < -0.39 is 10.0 Å². The highest BCUT2D eigenvalue weighted by Gasteiger charge is 2.47. The van der Waals surface area contributed by atoms with Gasteiger partial charge in [0.2, 0.25) is 0 Å². The van der Waals surface area contributed by atoms with Crippen LogP contribution in [0.4, 0.5) is 0 Å². The number of fused-ring (bicyclic) bond motifs is 1. The van der Waals surface area contributed by atoms with Crippen LogP contribution in [0.15, 0.2) is 60.0 Å². The summed E-state index contributed by atoms with van der Waals surface area (Å²) in [6.07, 6.45) is 7.38. The molecule has 0 saturated heterocycles. The van der Waals surface area contributed by atoms with Crippen LogP contribution in [-0.2, 0) is 28.9 Å². The molecule has 1 aliphatic carbocycles. The Balaban J connectivity index is 0.00000289. The van der Waals surface area contributed by atoms with Crippen molar-refractivity contribution in [2.24, 2.45) is 7.05 Å². The van der Waals surface area contributed by atoms with Crippen LogP contribution in [0.1, 0.15) is 42.0 Å². The summed E-state index contributed by atoms with van der Waals surface area (Å²) in [5.41, 5.74) is 3.99. The topological polar surface area (TPSA) is 85.2 Å². The van der Waals surface area contributed by atoms with Crippen LogP contribution in [0, 0.1) is 0 Å². The molecule has 7 nitrogen and oxygen atoms in total. The third kappa shape index (κ3) is 5.22. The average molecular weight is 538 g/mol. The molecule has 2 aromatic carbocycles. The van der Waals surface area contributed by atoms with Crippen molar-refractivity contribution in [3.8, 4) is 5.75 Å². The Hall–Kier alpha value is -2.10. The molecule has 1 unspecified atom stereocenters. The third-order valence-corrected chi connectivity index (χ3v) is 8.61. The van der Waals surface area contributed by atoms with Gasteiger partial charge >= 0.3 is 0 Å². The number of nitrogens with one attached hydrogen (secondary N) is 2. The summed E-state index contributed by atoms with van der Waals surface area (Å²) in [5.74, 6) is 0.745. The van der Waals surface area contributed by atoms with Crippen molar-refractivity contribution >= 4 is 34.0 Å². The Kier molecular flexibility index (Phi) is 7.78. The maximum atomic E-state index is 12.3. The Morgan fingerprint density at radius 2 is 2.00 bits per heavy atom. The molecule has 1 atom stereocenters. The molecule has 10 heteroatoms. The number of ether oxygens (including phenoxy) is 1. The van der Waals surface area contributed by atoms with E-state index in [0.717, 1.165) is 36.6 Å². The van der Waals surface area contributed by atoms with Crippen LogP contribution in [0.5, 0.6) is 5.75 Å². The van der Waals surface area contributed by atoms with Crippen LogP contribution < -0.4 is 14.8 Å². The second-order valence-corrected chi connectivity index (χ2v) is 11.3. The van der Waals surface area contributed by atoms with Crippen molar-refractivity contribution in [3.05, 3.63) is 76.7 Å². The predicted octanol–water partition coefficient (Wildman–Crippen LogP) is 4.16. The van der Waals surface area contributed by atoms with E-state index in [1.807, 2.05) is 18.2 Å². The molecular formula is C25H30Cl2N4O3S. The van der Waals surface area contributed by atoms with Gasteiger partial charge < -0.3 is 14.6 Å². The number of nitrogens with zero attached hydrogens (tertiary/aromatic N) is 2. The smallest absolute Gasteiger partial charge is 0.259 e. The van der Waals surface area contributed by atoms with E-state index in [-0.39, 0.29) is 42.0 Å². The highest BCUT2D eigenvalue weighted by atomic mass is 35.5. The molecule has 3 aromatic rings. The maximum absolute atomic E-state index is 12.3. The first-order valence-corrected chi connectivity index (χ1v) is 13.5. The van der Waals surface area contributed by atoms with E-state index in [1.54, 1.807) is 11.6 Å². The van der Waals surface area contributed by atoms with E-state index >= 15 is 0 Å². The van der Waals surface area contributed by atoms with Gasteiger partial charge in [-0.25, -0.2) is 18.1 Å². The van der Waals surface area contributed by atoms with Crippen molar-refractivity contribution in [2.45, 2.75) is 42.2 Å². The number of halogens is 2. The minimum Gasteiger partial charge on any atom is -0.492 e. The molecule has 1 saturated carbocycles. The van der Waals surface area contributed by atoms with Crippen LogP contribution in [-0.4, -0.2) is 37.7 Å². The summed E-state index contributed by atoms with van der Waals surface area (Å²) >= 11 is 6.16. The molecule has 0 spiro atoms. The van der Waals surface area contributed by atoms with Crippen molar-refractivity contribution in [3.63, 3.8) is 0 Å². The van der Waals surface area contributed by atoms with Gasteiger partial charge in [-0.15, -0.1) is 12.4 Å². The van der Waals surface area contributed by atoms with Gasteiger partial charge in [-0.1, -0.05) is 36.2 Å². The average Bonchev–Trinajstić information content (AvgIpc) is 3.25. The number of hydrogen-bond donors (Lipinski definition) is 2. The summed E-state index contributed by atoms with van der Waals surface area (Å²) in [4.78, 5) is 3.90. The van der Waals surface area contributed by atoms with Gasteiger partial charge in [0.1, 0.15) is 12.4 Å². The number of aromatic nitrogens is 2. The lowest BCUT2D eigenvalue weighted by Gasteiger charge is -2.50. The van der Waals surface area contributed by atoms with Crippen LogP contribution in [0.3, 0.4) is 0 Å². The third-order valence-electron chi connectivity index (χ3n) is 7.01. The van der Waals surface area contributed by atoms with Gasteiger partial charge in [-0.2, -0.15) is 0 Å². The van der Waals surface area contributed by atoms with E-state index in [2.05, 4.69) is 39.3 Å². The summed E-state index contributed by atoms with van der Waals surface area (Å²) in [7, 11) is -1.92. The fourth-order valence-electron chi connectivity index (χ4n) is 5.14. The number of rotatable bonds is 8. The predicted molar refractivity (Wildman–Crippen MR) is 139 cm³/mol. The number of sulfonamides is 1. The SMILES string of the molecule is Cl.Cn1cnc(S(=O)(=O)NCCOc2ccc3c(c2)C(C2(c4ccc(Cl)cc4)CCC2)NCC3)c1. The lowest BCUT2D eigenvalue weighted by atomic mass is 9.58. The van der Waals surface area contributed by atoms with Crippen LogP contribution >= 0.6 is 24.0 Å². The van der Waals surface area contributed by atoms with Gasteiger partial charge in [0.15, 0.2) is 5.03 Å². The molecule has 2 N–H and O–H groups in total. The lowest BCUT2D eigenvalue weighted by Crippen LogP contribution is -2.49. The summed E-state index contributed by atoms with van der Waals surface area (Å²) in [6.45, 7) is 1.33. The molecule has 188 valence electrons. The maximum Gasteiger partial charge on any atom is 0.259 e. The van der Waals surface area contributed by atoms with Gasteiger partial charge in [0, 0.05) is 36.3 Å². The van der Waals surface area contributed by atoms with Gasteiger partial charge in [0.25, 0.3) is 10.0 Å². The Morgan fingerprint density at radius 3 is 2.66 bits per heavy atom. The normalized spacial score (nSPS) is 18.7. The van der Waals surface area contributed by atoms with Gasteiger partial charge in [0.05, 0.1) is 6.33 Å². The Labute approximate surface area is 217 Å². The van der Waals surface area contributed by atoms with Gasteiger partial charge in [-0.05, 0) is 66.8 Å². The lowest BCUT2D eigenvalue weighted by molar-refractivity contribution is 0.164. The molecule has 1 aliphatic heterocycles.